The molecule has 1 nitrogen and oxygen atoms in total. The summed E-state index contributed by atoms with van der Waals surface area (Å²) in [5.41, 5.74) is 9.52. The van der Waals surface area contributed by atoms with Gasteiger partial charge in [0.2, 0.25) is 0 Å². The highest BCUT2D eigenvalue weighted by Crippen LogP contribution is 2.29. The van der Waals surface area contributed by atoms with Crippen LogP contribution in [0.4, 0.5) is 4.39 Å². The molecule has 14 heavy (non-hydrogen) atoms. The van der Waals surface area contributed by atoms with Crippen molar-refractivity contribution in [1.82, 2.24) is 0 Å². The molecule has 0 amide bonds. The van der Waals surface area contributed by atoms with Crippen molar-refractivity contribution in [3.8, 4) is 12.1 Å². The Morgan fingerprint density at radius 3 is 3.14 bits per heavy atom. The first-order valence-corrected chi connectivity index (χ1v) is 4.77. The van der Waals surface area contributed by atoms with Crippen molar-refractivity contribution in [3.63, 3.8) is 0 Å². The van der Waals surface area contributed by atoms with Crippen LogP contribution >= 0.6 is 0 Å². The molecule has 0 spiro atoms. The minimum atomic E-state index is 0.186. The molecule has 2 rings (SSSR count). The third-order valence-electron chi connectivity index (χ3n) is 2.69. The zero-order valence-electron chi connectivity index (χ0n) is 7.89. The van der Waals surface area contributed by atoms with Crippen LogP contribution in [0.3, 0.4) is 0 Å². The van der Waals surface area contributed by atoms with Gasteiger partial charge in [0.25, 0.3) is 0 Å². The molecular formula is C12H12FN. The maximum Gasteiger partial charge on any atom is 0.105 e. The Morgan fingerprint density at radius 1 is 1.50 bits per heavy atom. The molecule has 1 aliphatic rings. The number of halogens is 1. The van der Waals surface area contributed by atoms with Crippen molar-refractivity contribution in [1.29, 1.82) is 0 Å². The smallest absolute Gasteiger partial charge is 0.105 e. The number of fused-ring (bicyclic) bond motifs is 1. The lowest BCUT2D eigenvalue weighted by molar-refractivity contribution is 0.713. The van der Waals surface area contributed by atoms with Gasteiger partial charge in [0.05, 0.1) is 0 Å². The summed E-state index contributed by atoms with van der Waals surface area (Å²) in [6.07, 6.45) is 3.96. The monoisotopic (exact) mass is 189 g/mol. The lowest BCUT2D eigenvalue weighted by atomic mass is 10.0. The van der Waals surface area contributed by atoms with Crippen LogP contribution in [0, 0.1) is 12.1 Å². The molecule has 2 N–H and O–H groups in total. The summed E-state index contributed by atoms with van der Waals surface area (Å²) in [4.78, 5) is 0. The molecule has 0 saturated heterocycles. The number of benzene rings is 1. The Bertz CT molecular complexity index is 401. The molecule has 1 aromatic rings. The van der Waals surface area contributed by atoms with E-state index in [9.17, 15) is 4.39 Å². The van der Waals surface area contributed by atoms with Gasteiger partial charge in [0.1, 0.15) is 6.17 Å². The SMILES string of the molecule is NC1CCc2cc(CC#CF)ccc21. The fraction of sp³-hybridized carbons (Fsp3) is 0.333. The van der Waals surface area contributed by atoms with Gasteiger partial charge in [0, 0.05) is 12.5 Å². The summed E-state index contributed by atoms with van der Waals surface area (Å²) in [5, 5.41) is 0. The average molecular weight is 189 g/mol. The van der Waals surface area contributed by atoms with Crippen molar-refractivity contribution in [3.05, 3.63) is 34.9 Å². The molecule has 72 valence electrons. The zero-order valence-corrected chi connectivity index (χ0v) is 7.89. The van der Waals surface area contributed by atoms with Gasteiger partial charge in [0.15, 0.2) is 0 Å². The van der Waals surface area contributed by atoms with Crippen LogP contribution in [0.1, 0.15) is 29.2 Å². The lowest BCUT2D eigenvalue weighted by Crippen LogP contribution is -2.04. The normalized spacial score (nSPS) is 18.6. The van der Waals surface area contributed by atoms with E-state index in [1.54, 1.807) is 0 Å². The van der Waals surface area contributed by atoms with E-state index in [-0.39, 0.29) is 6.04 Å². The molecule has 0 fully saturated rings. The summed E-state index contributed by atoms with van der Waals surface area (Å²) >= 11 is 0. The van der Waals surface area contributed by atoms with Crippen molar-refractivity contribution < 1.29 is 4.39 Å². The van der Waals surface area contributed by atoms with E-state index in [1.807, 2.05) is 12.1 Å². The average Bonchev–Trinajstić information content (AvgIpc) is 2.57. The third kappa shape index (κ3) is 1.64. The molecule has 1 unspecified atom stereocenters. The van der Waals surface area contributed by atoms with Crippen LogP contribution in [0.25, 0.3) is 0 Å². The van der Waals surface area contributed by atoms with Gasteiger partial charge in [-0.05, 0) is 29.5 Å². The van der Waals surface area contributed by atoms with Crippen LogP contribution in [0.15, 0.2) is 18.2 Å². The lowest BCUT2D eigenvalue weighted by Gasteiger charge is -2.05. The third-order valence-corrected chi connectivity index (χ3v) is 2.69. The molecule has 1 aromatic carbocycles. The highest BCUT2D eigenvalue weighted by atomic mass is 19.1. The zero-order chi connectivity index (χ0) is 9.97. The van der Waals surface area contributed by atoms with Gasteiger partial charge in [-0.2, -0.15) is 0 Å². The van der Waals surface area contributed by atoms with Gasteiger partial charge < -0.3 is 5.73 Å². The van der Waals surface area contributed by atoms with Gasteiger partial charge in [-0.1, -0.05) is 24.1 Å². The van der Waals surface area contributed by atoms with E-state index in [4.69, 9.17) is 5.73 Å². The van der Waals surface area contributed by atoms with Crippen molar-refractivity contribution in [2.45, 2.75) is 25.3 Å². The van der Waals surface area contributed by atoms with Crippen molar-refractivity contribution in [2.75, 3.05) is 0 Å². The maximum absolute atomic E-state index is 11.6. The quantitative estimate of drug-likeness (QED) is 0.673. The van der Waals surface area contributed by atoms with E-state index < -0.39 is 0 Å². The first-order valence-electron chi connectivity index (χ1n) is 4.77. The largest absolute Gasteiger partial charge is 0.324 e. The van der Waals surface area contributed by atoms with Gasteiger partial charge >= 0.3 is 0 Å². The molecule has 2 heteroatoms. The van der Waals surface area contributed by atoms with Crippen LogP contribution in [0.5, 0.6) is 0 Å². The number of hydrogen-bond acceptors (Lipinski definition) is 1. The van der Waals surface area contributed by atoms with E-state index in [0.717, 1.165) is 18.4 Å². The second kappa shape index (κ2) is 3.81. The summed E-state index contributed by atoms with van der Waals surface area (Å²) in [6, 6.07) is 6.30. The summed E-state index contributed by atoms with van der Waals surface area (Å²) in [6.45, 7) is 0. The Kier molecular flexibility index (Phi) is 2.51. The number of aryl methyl sites for hydroxylation is 1. The Balaban J connectivity index is 2.26. The standard InChI is InChI=1S/C12H12FN/c13-7-1-2-9-3-5-11-10(8-9)4-6-12(11)14/h3,5,8,12H,2,4,6,14H2. The molecule has 1 aliphatic carbocycles. The van der Waals surface area contributed by atoms with Gasteiger partial charge in [-0.15, -0.1) is 4.39 Å². The first kappa shape index (κ1) is 9.23. The second-order valence-corrected chi connectivity index (χ2v) is 3.63. The van der Waals surface area contributed by atoms with Crippen LogP contribution in [-0.2, 0) is 12.8 Å². The van der Waals surface area contributed by atoms with E-state index in [2.05, 4.69) is 12.0 Å². The summed E-state index contributed by atoms with van der Waals surface area (Å²) in [5.74, 6) is 2.42. The molecule has 0 saturated carbocycles. The second-order valence-electron chi connectivity index (χ2n) is 3.63. The maximum atomic E-state index is 11.6. The summed E-state index contributed by atoms with van der Waals surface area (Å²) in [7, 11) is 0. The molecular weight excluding hydrogens is 177 g/mol. The Hall–Kier alpha value is -1.33. The molecule has 0 heterocycles. The van der Waals surface area contributed by atoms with E-state index >= 15 is 0 Å². The summed E-state index contributed by atoms with van der Waals surface area (Å²) < 4.78 is 11.6. The van der Waals surface area contributed by atoms with Gasteiger partial charge in [-0.3, -0.25) is 0 Å². The van der Waals surface area contributed by atoms with Crippen LogP contribution in [-0.4, -0.2) is 0 Å². The van der Waals surface area contributed by atoms with Crippen LogP contribution < -0.4 is 5.73 Å². The fourth-order valence-electron chi connectivity index (χ4n) is 1.95. The molecule has 0 bridgehead atoms. The van der Waals surface area contributed by atoms with Crippen molar-refractivity contribution >= 4 is 0 Å². The predicted molar refractivity (Wildman–Crippen MR) is 54.3 cm³/mol. The van der Waals surface area contributed by atoms with Crippen molar-refractivity contribution in [2.24, 2.45) is 5.73 Å². The molecule has 0 aromatic heterocycles. The molecule has 1 atom stereocenters. The molecule has 0 radical (unpaired) electrons. The fourth-order valence-corrected chi connectivity index (χ4v) is 1.95. The first-order chi connectivity index (χ1) is 6.81. The number of hydrogen-bond donors (Lipinski definition) is 1. The van der Waals surface area contributed by atoms with E-state index in [0.29, 0.717) is 6.42 Å². The minimum absolute atomic E-state index is 0.186. The van der Waals surface area contributed by atoms with E-state index in [1.165, 1.54) is 17.3 Å². The minimum Gasteiger partial charge on any atom is -0.324 e. The Morgan fingerprint density at radius 2 is 2.36 bits per heavy atom. The number of rotatable bonds is 1. The highest BCUT2D eigenvalue weighted by Gasteiger charge is 2.18. The number of nitrogens with two attached hydrogens (primary N) is 1. The molecule has 0 aliphatic heterocycles. The Labute approximate surface area is 83.1 Å². The highest BCUT2D eigenvalue weighted by molar-refractivity contribution is 5.38. The van der Waals surface area contributed by atoms with Gasteiger partial charge in [-0.25, -0.2) is 0 Å². The topological polar surface area (TPSA) is 26.0 Å². The van der Waals surface area contributed by atoms with Crippen LogP contribution in [0.2, 0.25) is 0 Å². The predicted octanol–water partition coefficient (Wildman–Crippen LogP) is 2.11.